The second kappa shape index (κ2) is 18.4. The molecule has 0 N–H and O–H groups in total. The Bertz CT molecular complexity index is 1140. The molecule has 0 spiro atoms. The predicted octanol–water partition coefficient (Wildman–Crippen LogP) is 6.45. The molecule has 1 aliphatic rings. The average molecular weight is 502 g/mol. The van der Waals surface area contributed by atoms with Crippen molar-refractivity contribution in [3.8, 4) is 24.2 Å². The summed E-state index contributed by atoms with van der Waals surface area (Å²) in [6, 6.07) is 14.3. The highest BCUT2D eigenvalue weighted by Gasteiger charge is 2.10. The van der Waals surface area contributed by atoms with Gasteiger partial charge in [-0.05, 0) is 59.9 Å². The van der Waals surface area contributed by atoms with E-state index in [-0.39, 0.29) is 0 Å². The zero-order chi connectivity index (χ0) is 27.5. The third-order valence-corrected chi connectivity index (χ3v) is 5.01. The fourth-order valence-corrected chi connectivity index (χ4v) is 3.08. The monoisotopic (exact) mass is 501 g/mol. The fourth-order valence-electron chi connectivity index (χ4n) is 3.08. The summed E-state index contributed by atoms with van der Waals surface area (Å²) in [4.78, 5) is 13.7. The van der Waals surface area contributed by atoms with E-state index in [1.807, 2.05) is 45.0 Å². The zero-order valence-corrected chi connectivity index (χ0v) is 22.2. The summed E-state index contributed by atoms with van der Waals surface area (Å²) in [5.74, 6) is 6.77. The highest BCUT2D eigenvalue weighted by molar-refractivity contribution is 5.89. The van der Waals surface area contributed by atoms with Crippen molar-refractivity contribution >= 4 is 12.0 Å². The summed E-state index contributed by atoms with van der Waals surface area (Å²) >= 11 is 0. The van der Waals surface area contributed by atoms with Crippen LogP contribution in [-0.4, -0.2) is 44.3 Å². The molecule has 194 valence electrons. The summed E-state index contributed by atoms with van der Waals surface area (Å²) in [5.41, 5.74) is 3.92. The molecule has 0 amide bonds. The molecular weight excluding hydrogens is 465 g/mol. The maximum atomic E-state index is 14.1. The number of hydrogen-bond donors (Lipinski definition) is 0. The number of carbonyl (C=O) groups excluding carboxylic acids is 1. The first kappa shape index (κ1) is 31.1. The van der Waals surface area contributed by atoms with Gasteiger partial charge in [0.1, 0.15) is 0 Å². The van der Waals surface area contributed by atoms with E-state index in [0.717, 1.165) is 44.0 Å². The molecular formula is C32H36FNO3. The van der Waals surface area contributed by atoms with Crippen molar-refractivity contribution in [2.24, 2.45) is 0 Å². The van der Waals surface area contributed by atoms with Crippen molar-refractivity contribution in [1.82, 2.24) is 4.90 Å². The molecule has 37 heavy (non-hydrogen) atoms. The normalized spacial score (nSPS) is 13.3. The smallest absolute Gasteiger partial charge is 0.337 e. The number of carbonyl (C=O) groups is 1. The quantitative estimate of drug-likeness (QED) is 0.268. The van der Waals surface area contributed by atoms with Crippen molar-refractivity contribution in [2.75, 3.05) is 33.4 Å². The lowest BCUT2D eigenvalue weighted by atomic mass is 10.1. The second-order valence-electron chi connectivity index (χ2n) is 7.67. The molecule has 1 aliphatic heterocycles. The lowest BCUT2D eigenvalue weighted by Crippen LogP contribution is -2.35. The van der Waals surface area contributed by atoms with Crippen LogP contribution in [0, 0.1) is 24.2 Å². The minimum atomic E-state index is -0.516. The molecule has 1 fully saturated rings. The van der Waals surface area contributed by atoms with Gasteiger partial charge in [0, 0.05) is 25.2 Å². The van der Waals surface area contributed by atoms with E-state index in [4.69, 9.17) is 11.2 Å². The number of halogens is 1. The van der Waals surface area contributed by atoms with E-state index in [1.165, 1.54) is 18.7 Å². The van der Waals surface area contributed by atoms with Crippen LogP contribution < -0.4 is 0 Å². The van der Waals surface area contributed by atoms with Crippen LogP contribution in [0.1, 0.15) is 47.8 Å². The van der Waals surface area contributed by atoms with Crippen LogP contribution in [0.4, 0.5) is 4.39 Å². The number of methoxy groups -OCH3 is 1. The van der Waals surface area contributed by atoms with Crippen molar-refractivity contribution in [3.05, 3.63) is 101 Å². The topological polar surface area (TPSA) is 38.8 Å². The van der Waals surface area contributed by atoms with E-state index >= 15 is 0 Å². The molecule has 3 rings (SSSR count). The highest BCUT2D eigenvalue weighted by atomic mass is 19.1. The van der Waals surface area contributed by atoms with Gasteiger partial charge in [0.2, 0.25) is 0 Å². The Morgan fingerprint density at radius 1 is 1.14 bits per heavy atom. The van der Waals surface area contributed by atoms with Crippen LogP contribution in [-0.2, 0) is 16.0 Å². The lowest BCUT2D eigenvalue weighted by Gasteiger charge is -2.26. The third kappa shape index (κ3) is 12.6. The summed E-state index contributed by atoms with van der Waals surface area (Å²) in [5, 5.41) is 0. The Hall–Kier alpha value is -3.90. The summed E-state index contributed by atoms with van der Waals surface area (Å²) in [6.45, 7) is 13.6. The standard InChI is InChI=1S/C23H22FNO3.C7H8.C2H6/c1-27-23(26)21-9-6-18(7-10-21)8-11-22(24)16-19-2-4-20(5-3-19)17-25-12-14-28-15-13-25;1-4-6-7(3)5-2;1-2/h2-7,9-10,16H,12-15,17H2,1H3;2,4,6H,1H2,3H3;1-2H3/b22-16-;7-6+;. The summed E-state index contributed by atoms with van der Waals surface area (Å²) < 4.78 is 24.1. The second-order valence-corrected chi connectivity index (χ2v) is 7.67. The van der Waals surface area contributed by atoms with Crippen molar-refractivity contribution in [2.45, 2.75) is 27.3 Å². The van der Waals surface area contributed by atoms with Crippen molar-refractivity contribution in [1.29, 1.82) is 0 Å². The van der Waals surface area contributed by atoms with Gasteiger partial charge in [-0.2, -0.15) is 4.39 Å². The fraction of sp³-hybridized carbons (Fsp3) is 0.281. The van der Waals surface area contributed by atoms with Gasteiger partial charge in [-0.1, -0.05) is 68.7 Å². The van der Waals surface area contributed by atoms with Crippen LogP contribution in [0.15, 0.2) is 78.7 Å². The Labute approximate surface area is 221 Å². The Kier molecular flexibility index (Phi) is 15.5. The molecule has 0 unspecified atom stereocenters. The van der Waals surface area contributed by atoms with Gasteiger partial charge >= 0.3 is 5.97 Å². The van der Waals surface area contributed by atoms with Crippen molar-refractivity contribution in [3.63, 3.8) is 0 Å². The van der Waals surface area contributed by atoms with Crippen LogP contribution >= 0.6 is 0 Å². The number of morpholine rings is 1. The first-order chi connectivity index (χ1) is 17.9. The molecule has 0 radical (unpaired) electrons. The molecule has 4 nitrogen and oxygen atoms in total. The van der Waals surface area contributed by atoms with Gasteiger partial charge in [0.05, 0.1) is 25.9 Å². The van der Waals surface area contributed by atoms with E-state index < -0.39 is 11.8 Å². The maximum absolute atomic E-state index is 14.1. The first-order valence-corrected chi connectivity index (χ1v) is 12.2. The van der Waals surface area contributed by atoms with E-state index in [2.05, 4.69) is 34.0 Å². The van der Waals surface area contributed by atoms with Gasteiger partial charge in [-0.3, -0.25) is 4.90 Å². The summed E-state index contributed by atoms with van der Waals surface area (Å²) in [6.07, 6.45) is 9.87. The minimum absolute atomic E-state index is 0.414. The number of rotatable bonds is 5. The number of allylic oxidation sites excluding steroid dienone is 4. The first-order valence-electron chi connectivity index (χ1n) is 12.2. The zero-order valence-electron chi connectivity index (χ0n) is 22.2. The number of esters is 1. The molecule has 0 aliphatic carbocycles. The van der Waals surface area contributed by atoms with E-state index in [1.54, 1.807) is 36.4 Å². The Morgan fingerprint density at radius 3 is 2.27 bits per heavy atom. The molecule has 0 aromatic heterocycles. The molecule has 5 heteroatoms. The van der Waals surface area contributed by atoms with Crippen LogP contribution in [0.3, 0.4) is 0 Å². The Balaban J connectivity index is 0.000000659. The van der Waals surface area contributed by atoms with E-state index in [0.29, 0.717) is 11.1 Å². The SMILES string of the molecule is C#C/C(C)=C/C=C.CC.COC(=O)c1ccc(C#C/C(F)=C/c2ccc(CN3CCOCC3)cc2)cc1. The Morgan fingerprint density at radius 2 is 1.76 bits per heavy atom. The molecule has 1 heterocycles. The van der Waals surface area contributed by atoms with Crippen LogP contribution in [0.5, 0.6) is 0 Å². The molecule has 1 saturated heterocycles. The predicted molar refractivity (Wildman–Crippen MR) is 150 cm³/mol. The average Bonchev–Trinajstić information content (AvgIpc) is 2.95. The number of ether oxygens (including phenoxy) is 2. The number of nitrogens with zero attached hydrogens (tertiary/aromatic N) is 1. The van der Waals surface area contributed by atoms with Gasteiger partial charge in [0.25, 0.3) is 0 Å². The number of hydrogen-bond acceptors (Lipinski definition) is 4. The van der Waals surface area contributed by atoms with Gasteiger partial charge in [0.15, 0.2) is 5.83 Å². The highest BCUT2D eigenvalue weighted by Crippen LogP contribution is 2.13. The maximum Gasteiger partial charge on any atom is 0.337 e. The number of terminal acetylenes is 1. The van der Waals surface area contributed by atoms with Crippen LogP contribution in [0.25, 0.3) is 6.08 Å². The minimum Gasteiger partial charge on any atom is -0.465 e. The molecule has 0 bridgehead atoms. The lowest BCUT2D eigenvalue weighted by molar-refractivity contribution is 0.0342. The van der Waals surface area contributed by atoms with Gasteiger partial charge in [-0.25, -0.2) is 4.79 Å². The largest absolute Gasteiger partial charge is 0.465 e. The number of benzene rings is 2. The van der Waals surface area contributed by atoms with Gasteiger partial charge < -0.3 is 9.47 Å². The molecule has 2 aromatic rings. The molecule has 0 atom stereocenters. The van der Waals surface area contributed by atoms with Crippen molar-refractivity contribution < 1.29 is 18.7 Å². The molecule has 2 aromatic carbocycles. The van der Waals surface area contributed by atoms with Gasteiger partial charge in [-0.15, -0.1) is 6.42 Å². The van der Waals surface area contributed by atoms with E-state index in [9.17, 15) is 9.18 Å². The molecule has 0 saturated carbocycles. The summed E-state index contributed by atoms with van der Waals surface area (Å²) in [7, 11) is 1.32. The van der Waals surface area contributed by atoms with Crippen LogP contribution in [0.2, 0.25) is 0 Å². The third-order valence-electron chi connectivity index (χ3n) is 5.01.